The molecule has 0 aromatic rings. The molecule has 2 nitrogen and oxygen atoms in total. The Bertz CT molecular complexity index is 188. The molecule has 56 valence electrons. The molecule has 1 aliphatic carbocycles. The molecular weight excluding hydrogens is 128 g/mol. The Balaban J connectivity index is 2.24. The van der Waals surface area contributed by atoms with Crippen molar-refractivity contribution in [2.45, 2.75) is 26.4 Å². The van der Waals surface area contributed by atoms with Gasteiger partial charge in [0.1, 0.15) is 6.10 Å². The highest BCUT2D eigenvalue weighted by atomic mass is 16.5. The highest BCUT2D eigenvalue weighted by Crippen LogP contribution is 2.50. The van der Waals surface area contributed by atoms with E-state index < -0.39 is 0 Å². The lowest BCUT2D eigenvalue weighted by Gasteiger charge is -2.40. The standard InChI is InChI=1S/C8H12O2/c1-5-4-10-7-6(9)3-8(5,7)2/h5,7H,3-4H2,1-2H3/t5?,7-,8-/m1/s1. The van der Waals surface area contributed by atoms with Gasteiger partial charge in [-0.15, -0.1) is 0 Å². The molecule has 0 aromatic heterocycles. The van der Waals surface area contributed by atoms with Gasteiger partial charge in [-0.25, -0.2) is 0 Å². The Labute approximate surface area is 60.6 Å². The third kappa shape index (κ3) is 0.511. The van der Waals surface area contributed by atoms with Crippen LogP contribution in [-0.4, -0.2) is 18.5 Å². The van der Waals surface area contributed by atoms with E-state index in [4.69, 9.17) is 4.74 Å². The largest absolute Gasteiger partial charge is 0.370 e. The van der Waals surface area contributed by atoms with Crippen molar-refractivity contribution in [1.29, 1.82) is 0 Å². The first-order valence-corrected chi connectivity index (χ1v) is 3.79. The number of carbonyl (C=O) groups excluding carboxylic acids is 1. The van der Waals surface area contributed by atoms with Gasteiger partial charge in [0.25, 0.3) is 0 Å². The molecule has 2 heteroatoms. The second kappa shape index (κ2) is 1.62. The third-order valence-corrected chi connectivity index (χ3v) is 3.09. The van der Waals surface area contributed by atoms with Crippen molar-refractivity contribution in [3.05, 3.63) is 0 Å². The Kier molecular flexibility index (Phi) is 1.03. The lowest BCUT2D eigenvalue weighted by molar-refractivity contribution is -0.148. The molecule has 0 bridgehead atoms. The van der Waals surface area contributed by atoms with Crippen LogP contribution >= 0.6 is 0 Å². The zero-order chi connectivity index (χ0) is 7.35. The number of carbonyl (C=O) groups is 1. The molecule has 2 fully saturated rings. The van der Waals surface area contributed by atoms with Gasteiger partial charge in [-0.1, -0.05) is 13.8 Å². The summed E-state index contributed by atoms with van der Waals surface area (Å²) in [6.45, 7) is 5.08. The van der Waals surface area contributed by atoms with Crippen molar-refractivity contribution in [3.63, 3.8) is 0 Å². The molecule has 1 unspecified atom stereocenters. The number of hydrogen-bond donors (Lipinski definition) is 0. The molecule has 2 rings (SSSR count). The Morgan fingerprint density at radius 2 is 2.40 bits per heavy atom. The van der Waals surface area contributed by atoms with Gasteiger partial charge in [0.05, 0.1) is 6.61 Å². The number of fused-ring (bicyclic) bond motifs is 1. The molecular formula is C8H12O2. The highest BCUT2D eigenvalue weighted by molar-refractivity contribution is 5.91. The van der Waals surface area contributed by atoms with Crippen LogP contribution in [0.2, 0.25) is 0 Å². The van der Waals surface area contributed by atoms with E-state index in [-0.39, 0.29) is 11.5 Å². The maximum absolute atomic E-state index is 10.9. The fourth-order valence-corrected chi connectivity index (χ4v) is 1.94. The minimum absolute atomic E-state index is 0.0532. The van der Waals surface area contributed by atoms with Crippen LogP contribution in [0, 0.1) is 11.3 Å². The molecule has 0 radical (unpaired) electrons. The van der Waals surface area contributed by atoms with Crippen LogP contribution in [0.5, 0.6) is 0 Å². The van der Waals surface area contributed by atoms with Crippen molar-refractivity contribution in [2.24, 2.45) is 11.3 Å². The van der Waals surface area contributed by atoms with Crippen molar-refractivity contribution in [1.82, 2.24) is 0 Å². The van der Waals surface area contributed by atoms with Gasteiger partial charge in [0.2, 0.25) is 0 Å². The van der Waals surface area contributed by atoms with Crippen LogP contribution in [0.3, 0.4) is 0 Å². The molecule has 1 saturated heterocycles. The Morgan fingerprint density at radius 1 is 1.70 bits per heavy atom. The number of hydrogen-bond acceptors (Lipinski definition) is 2. The smallest absolute Gasteiger partial charge is 0.162 e. The van der Waals surface area contributed by atoms with Crippen LogP contribution in [0.1, 0.15) is 20.3 Å². The van der Waals surface area contributed by atoms with Gasteiger partial charge in [0, 0.05) is 11.8 Å². The second-order valence-electron chi connectivity index (χ2n) is 3.76. The molecule has 10 heavy (non-hydrogen) atoms. The van der Waals surface area contributed by atoms with E-state index in [1.807, 2.05) is 0 Å². The average molecular weight is 140 g/mol. The van der Waals surface area contributed by atoms with E-state index >= 15 is 0 Å². The quantitative estimate of drug-likeness (QED) is 0.501. The molecule has 1 heterocycles. The molecule has 0 spiro atoms. The fourth-order valence-electron chi connectivity index (χ4n) is 1.94. The summed E-state index contributed by atoms with van der Waals surface area (Å²) in [6, 6.07) is 0. The molecule has 3 atom stereocenters. The van der Waals surface area contributed by atoms with Crippen molar-refractivity contribution < 1.29 is 9.53 Å². The minimum Gasteiger partial charge on any atom is -0.370 e. The lowest BCUT2D eigenvalue weighted by Crippen LogP contribution is -2.50. The number of Topliss-reactive ketones (excluding diaryl/α,β-unsaturated/α-hetero) is 1. The van der Waals surface area contributed by atoms with Crippen LogP contribution < -0.4 is 0 Å². The summed E-state index contributed by atoms with van der Waals surface area (Å²) in [4.78, 5) is 10.9. The predicted octanol–water partition coefficient (Wildman–Crippen LogP) is 1.00. The maximum atomic E-state index is 10.9. The maximum Gasteiger partial charge on any atom is 0.162 e. The van der Waals surface area contributed by atoms with Crippen molar-refractivity contribution in [2.75, 3.05) is 6.61 Å². The predicted molar refractivity (Wildman–Crippen MR) is 36.6 cm³/mol. The Hall–Kier alpha value is -0.370. The van der Waals surface area contributed by atoms with E-state index in [0.29, 0.717) is 11.7 Å². The monoisotopic (exact) mass is 140 g/mol. The third-order valence-electron chi connectivity index (χ3n) is 3.09. The van der Waals surface area contributed by atoms with Gasteiger partial charge in [-0.05, 0) is 5.92 Å². The number of rotatable bonds is 0. The molecule has 1 saturated carbocycles. The Morgan fingerprint density at radius 3 is 2.80 bits per heavy atom. The van der Waals surface area contributed by atoms with Gasteiger partial charge >= 0.3 is 0 Å². The van der Waals surface area contributed by atoms with E-state index in [9.17, 15) is 4.79 Å². The summed E-state index contributed by atoms with van der Waals surface area (Å²) in [5.41, 5.74) is 0.192. The van der Waals surface area contributed by atoms with Crippen LogP contribution in [0.15, 0.2) is 0 Å². The summed E-state index contributed by atoms with van der Waals surface area (Å²) in [7, 11) is 0. The highest BCUT2D eigenvalue weighted by Gasteiger charge is 2.58. The first-order valence-electron chi connectivity index (χ1n) is 3.79. The SMILES string of the molecule is CC1CO[C@@H]2C(=O)C[C@]12C. The van der Waals surface area contributed by atoms with Crippen molar-refractivity contribution in [3.8, 4) is 0 Å². The van der Waals surface area contributed by atoms with Crippen LogP contribution in [-0.2, 0) is 9.53 Å². The zero-order valence-electron chi connectivity index (χ0n) is 6.39. The van der Waals surface area contributed by atoms with Gasteiger partial charge < -0.3 is 4.74 Å². The summed E-state index contributed by atoms with van der Waals surface area (Å²) in [6.07, 6.45) is 0.682. The lowest BCUT2D eigenvalue weighted by atomic mass is 9.62. The summed E-state index contributed by atoms with van der Waals surface area (Å²) in [5.74, 6) is 0.863. The summed E-state index contributed by atoms with van der Waals surface area (Å²) >= 11 is 0. The first kappa shape index (κ1) is 6.35. The van der Waals surface area contributed by atoms with E-state index in [2.05, 4.69) is 13.8 Å². The van der Waals surface area contributed by atoms with Crippen LogP contribution in [0.4, 0.5) is 0 Å². The van der Waals surface area contributed by atoms with E-state index in [1.165, 1.54) is 0 Å². The van der Waals surface area contributed by atoms with E-state index in [0.717, 1.165) is 13.0 Å². The first-order chi connectivity index (χ1) is 4.64. The van der Waals surface area contributed by atoms with Crippen LogP contribution in [0.25, 0.3) is 0 Å². The second-order valence-corrected chi connectivity index (χ2v) is 3.76. The average Bonchev–Trinajstić information content (AvgIpc) is 2.06. The molecule has 0 amide bonds. The van der Waals surface area contributed by atoms with Gasteiger partial charge in [-0.3, -0.25) is 4.79 Å². The topological polar surface area (TPSA) is 26.3 Å². The fraction of sp³-hybridized carbons (Fsp3) is 0.875. The molecule has 0 N–H and O–H groups in total. The van der Waals surface area contributed by atoms with Gasteiger partial charge in [0.15, 0.2) is 5.78 Å². The number of ether oxygens (including phenoxy) is 1. The molecule has 1 aliphatic heterocycles. The summed E-state index contributed by atoms with van der Waals surface area (Å²) < 4.78 is 5.33. The summed E-state index contributed by atoms with van der Waals surface area (Å²) in [5, 5.41) is 0. The molecule has 0 aromatic carbocycles. The minimum atomic E-state index is -0.0532. The normalized spacial score (nSPS) is 52.4. The van der Waals surface area contributed by atoms with Crippen molar-refractivity contribution >= 4 is 5.78 Å². The van der Waals surface area contributed by atoms with Gasteiger partial charge in [-0.2, -0.15) is 0 Å². The van der Waals surface area contributed by atoms with E-state index in [1.54, 1.807) is 0 Å². The number of ketones is 1. The molecule has 2 aliphatic rings. The zero-order valence-corrected chi connectivity index (χ0v) is 6.39.